The van der Waals surface area contributed by atoms with Gasteiger partial charge in [-0.2, -0.15) is 9.50 Å². The first-order valence-corrected chi connectivity index (χ1v) is 8.41. The molecule has 4 aromatic rings. The van der Waals surface area contributed by atoms with Gasteiger partial charge in [-0.15, -0.1) is 5.10 Å². The molecular formula is C19H16F2N6. The van der Waals surface area contributed by atoms with Gasteiger partial charge >= 0.3 is 0 Å². The lowest BCUT2D eigenvalue weighted by molar-refractivity contribution is 0.509. The number of pyridine rings is 1. The average Bonchev–Trinajstić information content (AvgIpc) is 3.10. The van der Waals surface area contributed by atoms with Crippen LogP contribution in [0.2, 0.25) is 0 Å². The van der Waals surface area contributed by atoms with Crippen LogP contribution in [0.3, 0.4) is 0 Å². The molecule has 1 N–H and O–H groups in total. The second-order valence-corrected chi connectivity index (χ2v) is 6.36. The second kappa shape index (κ2) is 6.71. The molecule has 1 aromatic carbocycles. The third-order valence-corrected chi connectivity index (χ3v) is 4.04. The van der Waals surface area contributed by atoms with E-state index in [-0.39, 0.29) is 5.92 Å². The molecule has 3 heterocycles. The summed E-state index contributed by atoms with van der Waals surface area (Å²) in [7, 11) is 0. The van der Waals surface area contributed by atoms with E-state index < -0.39 is 11.6 Å². The summed E-state index contributed by atoms with van der Waals surface area (Å²) in [6.07, 6.45) is 3.34. The van der Waals surface area contributed by atoms with Crippen LogP contribution in [0.1, 0.15) is 25.5 Å². The third-order valence-electron chi connectivity index (χ3n) is 4.04. The Kier molecular flexibility index (Phi) is 4.23. The number of nitrogens with one attached hydrogen (secondary N) is 1. The average molecular weight is 366 g/mol. The first-order valence-electron chi connectivity index (χ1n) is 8.41. The summed E-state index contributed by atoms with van der Waals surface area (Å²) in [5.74, 6) is -0.238. The fraction of sp³-hybridized carbons (Fsp3) is 0.158. The molecule has 0 fully saturated rings. The Hall–Kier alpha value is -3.42. The van der Waals surface area contributed by atoms with E-state index in [4.69, 9.17) is 0 Å². The van der Waals surface area contributed by atoms with Crippen molar-refractivity contribution in [2.75, 3.05) is 5.32 Å². The molecule has 0 saturated heterocycles. The molecule has 0 amide bonds. The van der Waals surface area contributed by atoms with E-state index in [1.54, 1.807) is 18.5 Å². The number of rotatable bonds is 4. The van der Waals surface area contributed by atoms with Gasteiger partial charge in [0.2, 0.25) is 0 Å². The quantitative estimate of drug-likeness (QED) is 0.582. The third kappa shape index (κ3) is 3.33. The second-order valence-electron chi connectivity index (χ2n) is 6.36. The molecule has 0 bridgehead atoms. The van der Waals surface area contributed by atoms with E-state index in [1.807, 2.05) is 26.0 Å². The molecule has 0 spiro atoms. The zero-order valence-corrected chi connectivity index (χ0v) is 14.7. The van der Waals surface area contributed by atoms with Crippen molar-refractivity contribution in [1.82, 2.24) is 24.6 Å². The highest BCUT2D eigenvalue weighted by Crippen LogP contribution is 2.24. The number of anilines is 2. The van der Waals surface area contributed by atoms with Crippen LogP contribution < -0.4 is 5.32 Å². The normalized spacial score (nSPS) is 11.3. The molecule has 136 valence electrons. The molecule has 0 aliphatic carbocycles. The van der Waals surface area contributed by atoms with Gasteiger partial charge in [0, 0.05) is 35.8 Å². The lowest BCUT2D eigenvalue weighted by atomic mass is 10.1. The largest absolute Gasteiger partial charge is 0.340 e. The van der Waals surface area contributed by atoms with E-state index in [9.17, 15) is 8.78 Å². The summed E-state index contributed by atoms with van der Waals surface area (Å²) in [6, 6.07) is 9.10. The van der Waals surface area contributed by atoms with Crippen molar-refractivity contribution in [2.45, 2.75) is 19.8 Å². The lowest BCUT2D eigenvalue weighted by Gasteiger charge is -2.11. The van der Waals surface area contributed by atoms with Gasteiger partial charge in [-0.25, -0.2) is 13.8 Å². The highest BCUT2D eigenvalue weighted by atomic mass is 19.2. The summed E-state index contributed by atoms with van der Waals surface area (Å²) in [5.41, 5.74) is 1.96. The van der Waals surface area contributed by atoms with E-state index in [2.05, 4.69) is 25.4 Å². The van der Waals surface area contributed by atoms with Gasteiger partial charge in [0.1, 0.15) is 5.82 Å². The van der Waals surface area contributed by atoms with Crippen LogP contribution in [0.25, 0.3) is 17.2 Å². The molecule has 8 heteroatoms. The number of fused-ring (bicyclic) bond motifs is 1. The SMILES string of the molecule is CC(C)c1cc(Nc2ccc(F)c(F)c2)n2nc(-c3cccnc3)nc2n1. The molecule has 4 rings (SSSR count). The number of aromatic nitrogens is 5. The maximum Gasteiger partial charge on any atom is 0.254 e. The fourth-order valence-electron chi connectivity index (χ4n) is 2.61. The van der Waals surface area contributed by atoms with E-state index in [0.29, 0.717) is 23.1 Å². The smallest absolute Gasteiger partial charge is 0.254 e. The fourth-order valence-corrected chi connectivity index (χ4v) is 2.61. The molecule has 0 aliphatic heterocycles. The number of halogens is 2. The van der Waals surface area contributed by atoms with Gasteiger partial charge in [0.05, 0.1) is 5.69 Å². The number of hydrogen-bond donors (Lipinski definition) is 1. The minimum absolute atomic E-state index is 0.152. The maximum absolute atomic E-state index is 13.6. The van der Waals surface area contributed by atoms with Gasteiger partial charge in [-0.1, -0.05) is 13.8 Å². The molecule has 0 saturated carbocycles. The Morgan fingerprint density at radius 1 is 1.04 bits per heavy atom. The monoisotopic (exact) mass is 366 g/mol. The summed E-state index contributed by atoms with van der Waals surface area (Å²) in [6.45, 7) is 4.02. The van der Waals surface area contributed by atoms with Crippen molar-refractivity contribution in [3.63, 3.8) is 0 Å². The molecule has 0 aliphatic rings. The van der Waals surface area contributed by atoms with Crippen LogP contribution in [0, 0.1) is 11.6 Å². The topological polar surface area (TPSA) is 68.0 Å². The Bertz CT molecular complexity index is 1110. The van der Waals surface area contributed by atoms with Crippen LogP contribution in [-0.2, 0) is 0 Å². The van der Waals surface area contributed by atoms with E-state index in [1.165, 1.54) is 10.6 Å². The van der Waals surface area contributed by atoms with Crippen LogP contribution in [-0.4, -0.2) is 24.6 Å². The molecule has 0 unspecified atom stereocenters. The summed E-state index contributed by atoms with van der Waals surface area (Å²) >= 11 is 0. The Morgan fingerprint density at radius 2 is 1.89 bits per heavy atom. The predicted molar refractivity (Wildman–Crippen MR) is 97.7 cm³/mol. The lowest BCUT2D eigenvalue weighted by Crippen LogP contribution is -2.05. The van der Waals surface area contributed by atoms with Crippen LogP contribution >= 0.6 is 0 Å². The minimum Gasteiger partial charge on any atom is -0.340 e. The van der Waals surface area contributed by atoms with Crippen LogP contribution in [0.5, 0.6) is 0 Å². The highest BCUT2D eigenvalue weighted by molar-refractivity contribution is 5.62. The van der Waals surface area contributed by atoms with E-state index >= 15 is 0 Å². The zero-order chi connectivity index (χ0) is 19.0. The number of benzene rings is 1. The van der Waals surface area contributed by atoms with Crippen molar-refractivity contribution in [3.8, 4) is 11.4 Å². The van der Waals surface area contributed by atoms with Crippen molar-refractivity contribution < 1.29 is 8.78 Å². The number of nitrogens with zero attached hydrogens (tertiary/aromatic N) is 5. The molecular weight excluding hydrogens is 350 g/mol. The molecule has 6 nitrogen and oxygen atoms in total. The first kappa shape index (κ1) is 17.0. The standard InChI is InChI=1S/C19H16F2N6/c1-11(2)16-9-17(23-13-5-6-14(20)15(21)8-13)27-19(24-16)25-18(26-27)12-4-3-7-22-10-12/h3-11,23H,1-2H3. The van der Waals surface area contributed by atoms with Gasteiger partial charge in [-0.05, 0) is 30.2 Å². The van der Waals surface area contributed by atoms with Crippen molar-refractivity contribution in [3.05, 3.63) is 66.1 Å². The zero-order valence-electron chi connectivity index (χ0n) is 14.7. The minimum atomic E-state index is -0.927. The van der Waals surface area contributed by atoms with Crippen molar-refractivity contribution >= 4 is 17.3 Å². The summed E-state index contributed by atoms with van der Waals surface area (Å²) < 4.78 is 28.3. The Balaban J connectivity index is 1.84. The van der Waals surface area contributed by atoms with Gasteiger partial charge in [0.25, 0.3) is 5.78 Å². The van der Waals surface area contributed by atoms with Crippen molar-refractivity contribution in [2.24, 2.45) is 0 Å². The maximum atomic E-state index is 13.6. The van der Waals surface area contributed by atoms with Crippen LogP contribution in [0.4, 0.5) is 20.3 Å². The highest BCUT2D eigenvalue weighted by Gasteiger charge is 2.15. The molecule has 3 aromatic heterocycles. The number of hydrogen-bond acceptors (Lipinski definition) is 5. The molecule has 0 radical (unpaired) electrons. The van der Waals surface area contributed by atoms with Gasteiger partial charge < -0.3 is 5.32 Å². The Labute approximate surface area is 153 Å². The Morgan fingerprint density at radius 3 is 2.59 bits per heavy atom. The molecule has 27 heavy (non-hydrogen) atoms. The van der Waals surface area contributed by atoms with Crippen molar-refractivity contribution in [1.29, 1.82) is 0 Å². The summed E-state index contributed by atoms with van der Waals surface area (Å²) in [5, 5.41) is 7.57. The van der Waals surface area contributed by atoms with Gasteiger partial charge in [0.15, 0.2) is 17.5 Å². The molecule has 0 atom stereocenters. The first-order chi connectivity index (χ1) is 13.0. The van der Waals surface area contributed by atoms with Gasteiger partial charge in [-0.3, -0.25) is 4.98 Å². The summed E-state index contributed by atoms with van der Waals surface area (Å²) in [4.78, 5) is 13.1. The van der Waals surface area contributed by atoms with Crippen LogP contribution in [0.15, 0.2) is 48.8 Å². The predicted octanol–water partition coefficient (Wildman–Crippen LogP) is 4.33. The van der Waals surface area contributed by atoms with E-state index in [0.717, 1.165) is 23.4 Å².